The van der Waals surface area contributed by atoms with Gasteiger partial charge in [0.2, 0.25) is 11.8 Å². The van der Waals surface area contributed by atoms with Crippen LogP contribution in [0.5, 0.6) is 0 Å². The van der Waals surface area contributed by atoms with Crippen molar-refractivity contribution in [2.24, 2.45) is 0 Å². The van der Waals surface area contributed by atoms with Crippen LogP contribution in [0.1, 0.15) is 42.9 Å². The molecule has 1 unspecified atom stereocenters. The number of carboxylic acids is 1. The van der Waals surface area contributed by atoms with Crippen molar-refractivity contribution in [3.63, 3.8) is 0 Å². The highest BCUT2D eigenvalue weighted by atomic mass is 32.2. The lowest BCUT2D eigenvalue weighted by atomic mass is 9.99. The Morgan fingerprint density at radius 2 is 1.63 bits per heavy atom. The van der Waals surface area contributed by atoms with Crippen LogP contribution in [0.25, 0.3) is 33.1 Å². The summed E-state index contributed by atoms with van der Waals surface area (Å²) in [5, 5.41) is 16.7. The van der Waals surface area contributed by atoms with Gasteiger partial charge in [-0.2, -0.15) is 11.8 Å². The van der Waals surface area contributed by atoms with Gasteiger partial charge in [0.25, 0.3) is 0 Å². The average Bonchev–Trinajstić information content (AvgIpc) is 3.46. The number of carbonyl (C=O) groups is 3. The standard InChI is InChI=1S/C36H36N2O7S/c1-3-10-29(34(40)38-30(35(41)42)21-46-20-23-11-6-4-7-12-23)37-33(39)16-15-25-22(2)26-17-27-28(24-13-8-5-9-14-24)19-44-31(27)18-32(26)45-36(25)43/h4-9,11-14,17-19,29-30H,3,10,15-16,20-21H2,1-2H3,(H,37,39)(H,38,40)(H,41,42)/t29?,30-/m0/s1. The molecule has 0 saturated heterocycles. The van der Waals surface area contributed by atoms with E-state index in [-0.39, 0.29) is 18.6 Å². The average molecular weight is 641 g/mol. The smallest absolute Gasteiger partial charge is 0.339 e. The number of carboxylic acid groups (broad SMARTS) is 1. The molecule has 5 aromatic rings. The third kappa shape index (κ3) is 7.69. The fourth-order valence-electron chi connectivity index (χ4n) is 5.42. The maximum atomic E-state index is 13.1. The van der Waals surface area contributed by atoms with Crippen LogP contribution < -0.4 is 16.3 Å². The summed E-state index contributed by atoms with van der Waals surface area (Å²) in [4.78, 5) is 51.0. The maximum absolute atomic E-state index is 13.1. The lowest BCUT2D eigenvalue weighted by Crippen LogP contribution is -2.52. The highest BCUT2D eigenvalue weighted by Gasteiger charge is 2.26. The van der Waals surface area contributed by atoms with E-state index in [1.54, 1.807) is 12.3 Å². The van der Waals surface area contributed by atoms with Crippen LogP contribution >= 0.6 is 11.8 Å². The SMILES string of the molecule is CCCC(NC(=O)CCc1c(C)c2cc3c(-c4ccccc4)coc3cc2oc1=O)C(=O)N[C@@H](CSCc1ccccc1)C(=O)O. The van der Waals surface area contributed by atoms with Crippen LogP contribution in [0.15, 0.2) is 92.7 Å². The molecule has 0 saturated carbocycles. The van der Waals surface area contributed by atoms with Gasteiger partial charge in [0.15, 0.2) is 0 Å². The lowest BCUT2D eigenvalue weighted by Gasteiger charge is -2.21. The normalized spacial score (nSPS) is 12.6. The maximum Gasteiger partial charge on any atom is 0.339 e. The molecular formula is C36H36N2O7S. The van der Waals surface area contributed by atoms with Gasteiger partial charge in [-0.3, -0.25) is 9.59 Å². The minimum Gasteiger partial charge on any atom is -0.480 e. The zero-order valence-electron chi connectivity index (χ0n) is 25.7. The Balaban J connectivity index is 1.25. The number of aryl methyl sites for hydroxylation is 1. The third-order valence-corrected chi connectivity index (χ3v) is 9.01. The molecule has 9 nitrogen and oxygen atoms in total. The number of hydrogen-bond acceptors (Lipinski definition) is 7. The summed E-state index contributed by atoms with van der Waals surface area (Å²) >= 11 is 1.41. The largest absolute Gasteiger partial charge is 0.480 e. The van der Waals surface area contributed by atoms with E-state index in [1.807, 2.05) is 80.6 Å². The highest BCUT2D eigenvalue weighted by Crippen LogP contribution is 2.34. The number of thioether (sulfide) groups is 1. The van der Waals surface area contributed by atoms with E-state index in [0.29, 0.717) is 40.9 Å². The molecular weight excluding hydrogens is 604 g/mol. The number of furan rings is 1. The van der Waals surface area contributed by atoms with Gasteiger partial charge >= 0.3 is 11.6 Å². The van der Waals surface area contributed by atoms with Crippen LogP contribution in [-0.4, -0.2) is 40.7 Å². The molecule has 0 aliphatic rings. The summed E-state index contributed by atoms with van der Waals surface area (Å²) in [5.41, 5.74) is 4.52. The third-order valence-electron chi connectivity index (χ3n) is 7.91. The van der Waals surface area contributed by atoms with Crippen molar-refractivity contribution in [3.8, 4) is 11.1 Å². The van der Waals surface area contributed by atoms with Crippen LogP contribution in [0.4, 0.5) is 0 Å². The van der Waals surface area contributed by atoms with E-state index >= 15 is 0 Å². The van der Waals surface area contributed by atoms with E-state index in [1.165, 1.54) is 11.8 Å². The molecule has 238 valence electrons. The van der Waals surface area contributed by atoms with Gasteiger partial charge in [-0.1, -0.05) is 74.0 Å². The summed E-state index contributed by atoms with van der Waals surface area (Å²) < 4.78 is 11.4. The fraction of sp³-hybridized carbons (Fsp3) is 0.278. The second-order valence-electron chi connectivity index (χ2n) is 11.2. The molecule has 46 heavy (non-hydrogen) atoms. The Labute approximate surface area is 270 Å². The van der Waals surface area contributed by atoms with Gasteiger partial charge in [0.05, 0.1) is 6.26 Å². The molecule has 0 bridgehead atoms. The van der Waals surface area contributed by atoms with Crippen molar-refractivity contribution in [1.82, 2.24) is 10.6 Å². The molecule has 2 amide bonds. The van der Waals surface area contributed by atoms with Gasteiger partial charge in [-0.05, 0) is 42.5 Å². The number of fused-ring (bicyclic) bond motifs is 2. The minimum atomic E-state index is -1.14. The van der Waals surface area contributed by atoms with E-state index in [2.05, 4.69) is 10.6 Å². The predicted octanol–water partition coefficient (Wildman–Crippen LogP) is 6.23. The first-order valence-electron chi connectivity index (χ1n) is 15.2. The first-order chi connectivity index (χ1) is 22.2. The Hall–Kier alpha value is -4.83. The fourth-order valence-corrected chi connectivity index (χ4v) is 6.43. The van der Waals surface area contributed by atoms with Crippen molar-refractivity contribution in [1.29, 1.82) is 0 Å². The molecule has 10 heteroatoms. The summed E-state index contributed by atoms with van der Waals surface area (Å²) in [5.74, 6) is -1.33. The number of benzene rings is 3. The molecule has 0 aliphatic carbocycles. The number of carbonyl (C=O) groups excluding carboxylic acids is 2. The lowest BCUT2D eigenvalue weighted by molar-refractivity contribution is -0.141. The van der Waals surface area contributed by atoms with Gasteiger partial charge < -0.3 is 24.6 Å². The van der Waals surface area contributed by atoms with Crippen molar-refractivity contribution < 1.29 is 28.3 Å². The van der Waals surface area contributed by atoms with Crippen LogP contribution in [0.3, 0.4) is 0 Å². The zero-order chi connectivity index (χ0) is 32.6. The first-order valence-corrected chi connectivity index (χ1v) is 16.4. The number of rotatable bonds is 14. The molecule has 3 N–H and O–H groups in total. The van der Waals surface area contributed by atoms with E-state index < -0.39 is 35.5 Å². The van der Waals surface area contributed by atoms with Gasteiger partial charge in [0.1, 0.15) is 23.2 Å². The Morgan fingerprint density at radius 1 is 0.913 bits per heavy atom. The molecule has 2 aromatic heterocycles. The molecule has 0 radical (unpaired) electrons. The summed E-state index contributed by atoms with van der Waals surface area (Å²) in [6.45, 7) is 3.70. The monoisotopic (exact) mass is 640 g/mol. The summed E-state index contributed by atoms with van der Waals surface area (Å²) in [7, 11) is 0. The van der Waals surface area contributed by atoms with Crippen LogP contribution in [0.2, 0.25) is 0 Å². The van der Waals surface area contributed by atoms with Crippen molar-refractivity contribution in [2.75, 3.05) is 5.75 Å². The molecule has 2 atom stereocenters. The molecule has 0 aliphatic heterocycles. The summed E-state index contributed by atoms with van der Waals surface area (Å²) in [6, 6.07) is 21.1. The highest BCUT2D eigenvalue weighted by molar-refractivity contribution is 7.98. The Kier molecular flexibility index (Phi) is 10.6. The number of aliphatic carboxylic acids is 1. The number of nitrogens with one attached hydrogen (secondary N) is 2. The molecule has 3 aromatic carbocycles. The van der Waals surface area contributed by atoms with Crippen molar-refractivity contribution in [2.45, 2.75) is 57.4 Å². The van der Waals surface area contributed by atoms with Crippen LogP contribution in [0, 0.1) is 6.92 Å². The molecule has 0 fully saturated rings. The zero-order valence-corrected chi connectivity index (χ0v) is 26.5. The van der Waals surface area contributed by atoms with Crippen molar-refractivity contribution >= 4 is 51.5 Å². The van der Waals surface area contributed by atoms with Crippen molar-refractivity contribution in [3.05, 3.63) is 106 Å². The van der Waals surface area contributed by atoms with E-state index in [4.69, 9.17) is 8.83 Å². The Morgan fingerprint density at radius 3 is 2.33 bits per heavy atom. The molecule has 2 heterocycles. The van der Waals surface area contributed by atoms with Gasteiger partial charge in [0, 0.05) is 45.9 Å². The van der Waals surface area contributed by atoms with Gasteiger partial charge in [-0.25, -0.2) is 9.59 Å². The predicted molar refractivity (Wildman–Crippen MR) is 180 cm³/mol. The van der Waals surface area contributed by atoms with Gasteiger partial charge in [-0.15, -0.1) is 0 Å². The minimum absolute atomic E-state index is 0.0525. The van der Waals surface area contributed by atoms with E-state index in [9.17, 15) is 24.3 Å². The topological polar surface area (TPSA) is 139 Å². The van der Waals surface area contributed by atoms with Crippen LogP contribution in [-0.2, 0) is 26.6 Å². The molecule has 5 rings (SSSR count). The first kappa shape index (κ1) is 32.6. The second kappa shape index (κ2) is 15.0. The Bertz CT molecular complexity index is 1900. The second-order valence-corrected chi connectivity index (χ2v) is 12.2. The quantitative estimate of drug-likeness (QED) is 0.121. The summed E-state index contributed by atoms with van der Waals surface area (Å²) in [6.07, 6.45) is 2.67. The number of hydrogen-bond donors (Lipinski definition) is 3. The molecule has 0 spiro atoms. The number of amides is 2. The van der Waals surface area contributed by atoms with E-state index in [0.717, 1.165) is 27.5 Å².